The Labute approximate surface area is 136 Å². The van der Waals surface area contributed by atoms with Gasteiger partial charge in [0.05, 0.1) is 0 Å². The van der Waals surface area contributed by atoms with Crippen molar-refractivity contribution in [3.8, 4) is 0 Å². The molecular formula is C18H27BrFN. The van der Waals surface area contributed by atoms with Crippen LogP contribution in [0.3, 0.4) is 0 Å². The minimum atomic E-state index is -0.262. The third-order valence-corrected chi connectivity index (χ3v) is 5.49. The Morgan fingerprint density at radius 1 is 1.29 bits per heavy atom. The summed E-state index contributed by atoms with van der Waals surface area (Å²) in [6, 6.07) is 5.14. The lowest BCUT2D eigenvalue weighted by molar-refractivity contribution is 0.210. The second-order valence-corrected chi connectivity index (χ2v) is 8.68. The Kier molecular flexibility index (Phi) is 5.15. The lowest BCUT2D eigenvalue weighted by atomic mass is 9.76. The zero-order valence-corrected chi connectivity index (χ0v) is 15.0. The molecule has 1 fully saturated rings. The van der Waals surface area contributed by atoms with Crippen LogP contribution in [0.1, 0.15) is 58.4 Å². The average Bonchev–Trinajstić information content (AvgIpc) is 2.55. The number of rotatable bonds is 2. The summed E-state index contributed by atoms with van der Waals surface area (Å²) in [6.07, 6.45) is 6.15. The van der Waals surface area contributed by atoms with Gasteiger partial charge in [-0.2, -0.15) is 0 Å². The highest BCUT2D eigenvalue weighted by Crippen LogP contribution is 2.40. The average molecular weight is 356 g/mol. The van der Waals surface area contributed by atoms with E-state index < -0.39 is 0 Å². The zero-order chi connectivity index (χ0) is 15.7. The Hall–Kier alpha value is -0.410. The Morgan fingerprint density at radius 2 is 2.00 bits per heavy atom. The lowest BCUT2D eigenvalue weighted by Crippen LogP contribution is -2.42. The van der Waals surface area contributed by atoms with Crippen molar-refractivity contribution in [2.45, 2.75) is 64.8 Å². The fraction of sp³-hybridized carbons (Fsp3) is 0.667. The summed E-state index contributed by atoms with van der Waals surface area (Å²) in [5, 5.41) is 0. The van der Waals surface area contributed by atoms with E-state index in [0.29, 0.717) is 11.8 Å². The van der Waals surface area contributed by atoms with Crippen molar-refractivity contribution in [1.82, 2.24) is 0 Å². The molecule has 1 saturated carbocycles. The molecule has 2 unspecified atom stereocenters. The third-order valence-electron chi connectivity index (χ3n) is 4.99. The zero-order valence-electron chi connectivity index (χ0n) is 13.4. The molecule has 1 aliphatic rings. The minimum absolute atomic E-state index is 0.139. The fourth-order valence-electron chi connectivity index (χ4n) is 3.53. The van der Waals surface area contributed by atoms with E-state index in [9.17, 15) is 4.39 Å². The monoisotopic (exact) mass is 355 g/mol. The van der Waals surface area contributed by atoms with Gasteiger partial charge in [0.1, 0.15) is 5.82 Å². The summed E-state index contributed by atoms with van der Waals surface area (Å²) in [4.78, 5) is 0. The topological polar surface area (TPSA) is 26.0 Å². The van der Waals surface area contributed by atoms with Crippen LogP contribution in [0.25, 0.3) is 0 Å². The van der Waals surface area contributed by atoms with Gasteiger partial charge in [0.2, 0.25) is 0 Å². The molecule has 0 aromatic heterocycles. The molecule has 1 nitrogen and oxygen atoms in total. The van der Waals surface area contributed by atoms with Crippen molar-refractivity contribution in [1.29, 1.82) is 0 Å². The van der Waals surface area contributed by atoms with Gasteiger partial charge in [0.15, 0.2) is 0 Å². The SMILES string of the molecule is CC(C)(C)C1CCCC(N)(Cc2cc(Br)ccc2F)CC1. The van der Waals surface area contributed by atoms with E-state index in [1.165, 1.54) is 12.5 Å². The summed E-state index contributed by atoms with van der Waals surface area (Å²) in [5.41, 5.74) is 7.45. The molecule has 1 aromatic rings. The molecule has 0 bridgehead atoms. The van der Waals surface area contributed by atoms with Crippen LogP contribution in [0, 0.1) is 17.2 Å². The lowest BCUT2D eigenvalue weighted by Gasteiger charge is -2.31. The quantitative estimate of drug-likeness (QED) is 0.700. The highest BCUT2D eigenvalue weighted by atomic mass is 79.9. The molecule has 0 spiro atoms. The second kappa shape index (κ2) is 6.37. The van der Waals surface area contributed by atoms with Crippen molar-refractivity contribution >= 4 is 15.9 Å². The smallest absolute Gasteiger partial charge is 0.126 e. The highest BCUT2D eigenvalue weighted by molar-refractivity contribution is 9.10. The van der Waals surface area contributed by atoms with Crippen LogP contribution in [0.15, 0.2) is 22.7 Å². The standard InChI is InChI=1S/C18H27BrFN/c1-17(2,3)14-5-4-9-18(21,10-8-14)12-13-11-15(19)6-7-16(13)20/h6-7,11,14H,4-5,8-10,12,21H2,1-3H3. The van der Waals surface area contributed by atoms with Gasteiger partial charge < -0.3 is 5.73 Å². The molecule has 1 aliphatic carbocycles. The first-order chi connectivity index (χ1) is 9.70. The van der Waals surface area contributed by atoms with E-state index in [-0.39, 0.29) is 11.4 Å². The van der Waals surface area contributed by atoms with E-state index in [2.05, 4.69) is 36.7 Å². The largest absolute Gasteiger partial charge is 0.325 e. The van der Waals surface area contributed by atoms with Crippen molar-refractivity contribution in [2.24, 2.45) is 17.1 Å². The first kappa shape index (κ1) is 17.0. The molecular weight excluding hydrogens is 329 g/mol. The number of hydrogen-bond acceptors (Lipinski definition) is 1. The van der Waals surface area contributed by atoms with Crippen molar-refractivity contribution < 1.29 is 4.39 Å². The van der Waals surface area contributed by atoms with Gasteiger partial charge in [-0.3, -0.25) is 0 Å². The second-order valence-electron chi connectivity index (χ2n) is 7.77. The van der Waals surface area contributed by atoms with E-state index in [4.69, 9.17) is 5.73 Å². The number of benzene rings is 1. The maximum Gasteiger partial charge on any atom is 0.126 e. The van der Waals surface area contributed by atoms with Gasteiger partial charge in [-0.1, -0.05) is 43.1 Å². The van der Waals surface area contributed by atoms with Crippen molar-refractivity contribution in [2.75, 3.05) is 0 Å². The maximum absolute atomic E-state index is 14.0. The number of hydrogen-bond donors (Lipinski definition) is 1. The Bertz CT molecular complexity index is 494. The van der Waals surface area contributed by atoms with Crippen LogP contribution in [0.2, 0.25) is 0 Å². The fourth-order valence-corrected chi connectivity index (χ4v) is 3.94. The van der Waals surface area contributed by atoms with Gasteiger partial charge in [-0.05, 0) is 67.2 Å². The van der Waals surface area contributed by atoms with E-state index in [0.717, 1.165) is 41.6 Å². The first-order valence-corrected chi connectivity index (χ1v) is 8.72. The molecule has 2 atom stereocenters. The predicted molar refractivity (Wildman–Crippen MR) is 90.8 cm³/mol. The molecule has 1 aromatic carbocycles. The molecule has 0 heterocycles. The molecule has 0 aliphatic heterocycles. The summed E-state index contributed by atoms with van der Waals surface area (Å²) in [5.74, 6) is 0.579. The molecule has 0 amide bonds. The molecule has 3 heteroatoms. The molecule has 2 N–H and O–H groups in total. The molecule has 2 rings (SSSR count). The van der Waals surface area contributed by atoms with Crippen LogP contribution < -0.4 is 5.73 Å². The molecule has 118 valence electrons. The van der Waals surface area contributed by atoms with Crippen LogP contribution in [-0.2, 0) is 6.42 Å². The van der Waals surface area contributed by atoms with Gasteiger partial charge in [-0.25, -0.2) is 4.39 Å². The maximum atomic E-state index is 14.0. The van der Waals surface area contributed by atoms with Crippen LogP contribution in [0.4, 0.5) is 4.39 Å². The van der Waals surface area contributed by atoms with Gasteiger partial charge >= 0.3 is 0 Å². The molecule has 0 radical (unpaired) electrons. The van der Waals surface area contributed by atoms with Gasteiger partial charge in [-0.15, -0.1) is 0 Å². The van der Waals surface area contributed by atoms with Gasteiger partial charge in [0, 0.05) is 10.0 Å². The van der Waals surface area contributed by atoms with E-state index >= 15 is 0 Å². The van der Waals surface area contributed by atoms with Crippen molar-refractivity contribution in [3.05, 3.63) is 34.1 Å². The summed E-state index contributed by atoms with van der Waals surface area (Å²) in [7, 11) is 0. The number of halogens is 2. The van der Waals surface area contributed by atoms with E-state index in [1.807, 2.05) is 6.07 Å². The van der Waals surface area contributed by atoms with Crippen LogP contribution in [0.5, 0.6) is 0 Å². The first-order valence-electron chi connectivity index (χ1n) is 7.92. The molecule has 0 saturated heterocycles. The minimum Gasteiger partial charge on any atom is -0.325 e. The summed E-state index contributed by atoms with van der Waals surface area (Å²) in [6.45, 7) is 6.94. The van der Waals surface area contributed by atoms with Crippen molar-refractivity contribution in [3.63, 3.8) is 0 Å². The summed E-state index contributed by atoms with van der Waals surface area (Å²) >= 11 is 3.42. The van der Waals surface area contributed by atoms with Crippen LogP contribution >= 0.6 is 15.9 Å². The predicted octanol–water partition coefficient (Wildman–Crippen LogP) is 5.45. The number of nitrogens with two attached hydrogens (primary N) is 1. The third kappa shape index (κ3) is 4.53. The normalized spacial score (nSPS) is 27.4. The highest BCUT2D eigenvalue weighted by Gasteiger charge is 2.34. The summed E-state index contributed by atoms with van der Waals surface area (Å²) < 4.78 is 14.9. The van der Waals surface area contributed by atoms with E-state index in [1.54, 1.807) is 6.07 Å². The van der Waals surface area contributed by atoms with Crippen LogP contribution in [-0.4, -0.2) is 5.54 Å². The Morgan fingerprint density at radius 3 is 2.67 bits per heavy atom. The Balaban J connectivity index is 2.10. The molecule has 21 heavy (non-hydrogen) atoms. The van der Waals surface area contributed by atoms with Gasteiger partial charge in [0.25, 0.3) is 0 Å².